The molecule has 0 amide bonds. The molecule has 0 aromatic heterocycles. The van der Waals surface area contributed by atoms with Crippen molar-refractivity contribution in [2.75, 3.05) is 6.54 Å². The molecule has 102 valence electrons. The van der Waals surface area contributed by atoms with Crippen LogP contribution in [0.1, 0.15) is 45.3 Å². The Balaban J connectivity index is 2.51. The third-order valence-corrected chi connectivity index (χ3v) is 4.00. The number of hydrogen-bond donors (Lipinski definition) is 2. The number of hydrogen-bond acceptors (Lipinski definition) is 2. The van der Waals surface area contributed by atoms with Crippen molar-refractivity contribution in [1.29, 1.82) is 0 Å². The van der Waals surface area contributed by atoms with Crippen LogP contribution in [0.5, 0.6) is 0 Å². The normalized spacial score (nSPS) is 14.8. The van der Waals surface area contributed by atoms with Gasteiger partial charge in [0.15, 0.2) is 0 Å². The first-order valence-electron chi connectivity index (χ1n) is 6.76. The van der Waals surface area contributed by atoms with E-state index in [2.05, 4.69) is 26.1 Å². The van der Waals surface area contributed by atoms with E-state index in [0.29, 0.717) is 23.5 Å². The second-order valence-corrected chi connectivity index (χ2v) is 5.22. The van der Waals surface area contributed by atoms with Gasteiger partial charge in [0.25, 0.3) is 0 Å². The molecule has 3 heteroatoms. The van der Waals surface area contributed by atoms with Crippen LogP contribution in [0.4, 0.5) is 0 Å². The zero-order valence-electron chi connectivity index (χ0n) is 11.5. The van der Waals surface area contributed by atoms with Crippen LogP contribution in [-0.4, -0.2) is 17.7 Å². The van der Waals surface area contributed by atoms with Gasteiger partial charge < -0.3 is 10.4 Å². The van der Waals surface area contributed by atoms with Gasteiger partial charge in [-0.25, -0.2) is 0 Å². The fourth-order valence-electron chi connectivity index (χ4n) is 2.32. The molecule has 2 nitrogen and oxygen atoms in total. The molecule has 2 unspecified atom stereocenters. The summed E-state index contributed by atoms with van der Waals surface area (Å²) in [6.45, 7) is 7.13. The first kappa shape index (κ1) is 15.5. The number of benzene rings is 1. The quantitative estimate of drug-likeness (QED) is 0.789. The van der Waals surface area contributed by atoms with E-state index < -0.39 is 6.10 Å². The fourth-order valence-corrected chi connectivity index (χ4v) is 2.58. The third-order valence-electron chi connectivity index (χ3n) is 3.65. The molecule has 2 N–H and O–H groups in total. The molecule has 0 radical (unpaired) electrons. The molecule has 0 heterocycles. The van der Waals surface area contributed by atoms with E-state index in [-0.39, 0.29) is 0 Å². The van der Waals surface area contributed by atoms with Crippen molar-refractivity contribution in [1.82, 2.24) is 5.32 Å². The Bertz CT molecular complexity index is 352. The van der Waals surface area contributed by atoms with E-state index in [1.54, 1.807) is 0 Å². The summed E-state index contributed by atoms with van der Waals surface area (Å²) in [7, 11) is 0. The molecule has 0 fully saturated rings. The Morgan fingerprint density at radius 1 is 1.22 bits per heavy atom. The van der Waals surface area contributed by atoms with Gasteiger partial charge in [-0.1, -0.05) is 56.5 Å². The van der Waals surface area contributed by atoms with E-state index in [9.17, 15) is 5.11 Å². The number of aliphatic hydroxyl groups excluding tert-OH is 1. The Morgan fingerprint density at radius 3 is 2.39 bits per heavy atom. The second kappa shape index (κ2) is 7.78. The van der Waals surface area contributed by atoms with Crippen LogP contribution in [0.25, 0.3) is 0 Å². The highest BCUT2D eigenvalue weighted by Gasteiger charge is 2.16. The molecule has 1 aromatic rings. The summed E-state index contributed by atoms with van der Waals surface area (Å²) in [5.41, 5.74) is 0.795. The molecular formula is C15H24ClNO. The second-order valence-electron chi connectivity index (χ2n) is 4.81. The maximum Gasteiger partial charge on any atom is 0.0928 e. The minimum absolute atomic E-state index is 0.414. The third kappa shape index (κ3) is 4.27. The first-order chi connectivity index (χ1) is 8.60. The Morgan fingerprint density at radius 2 is 1.83 bits per heavy atom. The predicted octanol–water partition coefficient (Wildman–Crippen LogP) is 3.79. The lowest BCUT2D eigenvalue weighted by Gasteiger charge is -2.24. The smallest absolute Gasteiger partial charge is 0.0928 e. The number of halogens is 1. The van der Waals surface area contributed by atoms with Gasteiger partial charge in [0.1, 0.15) is 0 Å². The molecule has 0 saturated heterocycles. The molecule has 0 spiro atoms. The largest absolute Gasteiger partial charge is 0.387 e. The van der Waals surface area contributed by atoms with E-state index in [0.717, 1.165) is 18.4 Å². The number of rotatable bonds is 7. The van der Waals surface area contributed by atoms with Crippen molar-refractivity contribution in [3.05, 3.63) is 34.9 Å². The van der Waals surface area contributed by atoms with Crippen LogP contribution in [-0.2, 0) is 0 Å². The minimum atomic E-state index is -0.546. The number of aliphatic hydroxyl groups is 1. The first-order valence-corrected chi connectivity index (χ1v) is 7.13. The van der Waals surface area contributed by atoms with Crippen molar-refractivity contribution in [3.8, 4) is 0 Å². The SMILES string of the molecule is CCC(CC)C(C)NCC(O)c1ccccc1Cl. The van der Waals surface area contributed by atoms with Crippen molar-refractivity contribution in [2.24, 2.45) is 5.92 Å². The highest BCUT2D eigenvalue weighted by atomic mass is 35.5. The highest BCUT2D eigenvalue weighted by Crippen LogP contribution is 2.22. The van der Waals surface area contributed by atoms with Gasteiger partial charge in [-0.05, 0) is 18.9 Å². The molecule has 18 heavy (non-hydrogen) atoms. The lowest BCUT2D eigenvalue weighted by Crippen LogP contribution is -2.36. The molecule has 1 aromatic carbocycles. The maximum absolute atomic E-state index is 10.1. The predicted molar refractivity (Wildman–Crippen MR) is 77.9 cm³/mol. The van der Waals surface area contributed by atoms with Crippen molar-refractivity contribution < 1.29 is 5.11 Å². The summed E-state index contributed by atoms with van der Waals surface area (Å²) < 4.78 is 0. The summed E-state index contributed by atoms with van der Waals surface area (Å²) in [6.07, 6.45) is 1.77. The maximum atomic E-state index is 10.1. The molecule has 0 aliphatic rings. The summed E-state index contributed by atoms with van der Waals surface area (Å²) in [5.74, 6) is 0.656. The monoisotopic (exact) mass is 269 g/mol. The van der Waals surface area contributed by atoms with Crippen molar-refractivity contribution in [3.63, 3.8) is 0 Å². The minimum Gasteiger partial charge on any atom is -0.387 e. The lowest BCUT2D eigenvalue weighted by atomic mass is 9.95. The Kier molecular flexibility index (Phi) is 6.69. The van der Waals surface area contributed by atoms with Gasteiger partial charge in [0, 0.05) is 23.2 Å². The summed E-state index contributed by atoms with van der Waals surface area (Å²) in [6, 6.07) is 7.87. The van der Waals surface area contributed by atoms with Crippen LogP contribution < -0.4 is 5.32 Å². The van der Waals surface area contributed by atoms with Gasteiger partial charge in [0.05, 0.1) is 6.10 Å². The zero-order valence-corrected chi connectivity index (χ0v) is 12.2. The van der Waals surface area contributed by atoms with Crippen molar-refractivity contribution >= 4 is 11.6 Å². The molecule has 2 atom stereocenters. The molecule has 1 rings (SSSR count). The van der Waals surface area contributed by atoms with Gasteiger partial charge in [-0.15, -0.1) is 0 Å². The topological polar surface area (TPSA) is 32.3 Å². The molecular weight excluding hydrogens is 246 g/mol. The van der Waals surface area contributed by atoms with E-state index in [4.69, 9.17) is 11.6 Å². The summed E-state index contributed by atoms with van der Waals surface area (Å²) in [5, 5.41) is 14.2. The summed E-state index contributed by atoms with van der Waals surface area (Å²) >= 11 is 6.06. The van der Waals surface area contributed by atoms with Crippen molar-refractivity contribution in [2.45, 2.75) is 45.8 Å². The summed E-state index contributed by atoms with van der Waals surface area (Å²) in [4.78, 5) is 0. The molecule has 0 saturated carbocycles. The average molecular weight is 270 g/mol. The van der Waals surface area contributed by atoms with Gasteiger partial charge >= 0.3 is 0 Å². The van der Waals surface area contributed by atoms with E-state index >= 15 is 0 Å². The Hall–Kier alpha value is -0.570. The fraction of sp³-hybridized carbons (Fsp3) is 0.600. The van der Waals surface area contributed by atoms with E-state index in [1.807, 2.05) is 24.3 Å². The van der Waals surface area contributed by atoms with Gasteiger partial charge in [-0.3, -0.25) is 0 Å². The standard InChI is InChI=1S/C15H24ClNO/c1-4-12(5-2)11(3)17-10-15(18)13-8-6-7-9-14(13)16/h6-9,11-12,15,17-18H,4-5,10H2,1-3H3. The highest BCUT2D eigenvalue weighted by molar-refractivity contribution is 6.31. The van der Waals surface area contributed by atoms with Gasteiger partial charge in [0.2, 0.25) is 0 Å². The lowest BCUT2D eigenvalue weighted by molar-refractivity contribution is 0.164. The molecule has 0 aliphatic heterocycles. The van der Waals surface area contributed by atoms with Crippen LogP contribution in [0.2, 0.25) is 5.02 Å². The number of nitrogens with one attached hydrogen (secondary N) is 1. The van der Waals surface area contributed by atoms with Crippen LogP contribution >= 0.6 is 11.6 Å². The zero-order chi connectivity index (χ0) is 13.5. The van der Waals surface area contributed by atoms with E-state index in [1.165, 1.54) is 0 Å². The average Bonchev–Trinajstić information content (AvgIpc) is 2.38. The Labute approximate surface area is 115 Å². The molecule has 0 bridgehead atoms. The van der Waals surface area contributed by atoms with Gasteiger partial charge in [-0.2, -0.15) is 0 Å². The van der Waals surface area contributed by atoms with Crippen LogP contribution in [0.3, 0.4) is 0 Å². The van der Waals surface area contributed by atoms with Crippen LogP contribution in [0.15, 0.2) is 24.3 Å². The van der Waals surface area contributed by atoms with Crippen LogP contribution in [0, 0.1) is 5.92 Å². The molecule has 0 aliphatic carbocycles.